The van der Waals surface area contributed by atoms with Crippen LogP contribution in [-0.4, -0.2) is 9.97 Å². The largest absolute Gasteiger partial charge is 0.345 e. The second kappa shape index (κ2) is 4.07. The highest BCUT2D eigenvalue weighted by Gasteiger charge is 2.07. The predicted molar refractivity (Wildman–Crippen MR) is 63.1 cm³/mol. The molecule has 0 aliphatic heterocycles. The molecule has 1 aromatic carbocycles. The summed E-state index contributed by atoms with van der Waals surface area (Å²) in [7, 11) is 0. The van der Waals surface area contributed by atoms with Crippen LogP contribution in [-0.2, 0) is 0 Å². The van der Waals surface area contributed by atoms with Crippen LogP contribution in [0.3, 0.4) is 0 Å². The van der Waals surface area contributed by atoms with E-state index in [1.807, 2.05) is 6.07 Å². The average Bonchev–Trinajstić information content (AvgIpc) is 2.69. The van der Waals surface area contributed by atoms with Crippen LogP contribution < -0.4 is 0 Å². The van der Waals surface area contributed by atoms with Gasteiger partial charge in [-0.3, -0.25) is 0 Å². The normalized spacial score (nSPS) is 10.9. The molecular formula is C12H13ClN2. The Balaban J connectivity index is 2.42. The van der Waals surface area contributed by atoms with Crippen LogP contribution in [0, 0.1) is 0 Å². The lowest BCUT2D eigenvalue weighted by molar-refractivity contribution is 0.867. The van der Waals surface area contributed by atoms with Gasteiger partial charge in [0.25, 0.3) is 0 Å². The van der Waals surface area contributed by atoms with Crippen LogP contribution in [0.2, 0.25) is 5.02 Å². The van der Waals surface area contributed by atoms with Gasteiger partial charge in [-0.15, -0.1) is 0 Å². The van der Waals surface area contributed by atoms with Crippen LogP contribution in [0.5, 0.6) is 0 Å². The summed E-state index contributed by atoms with van der Waals surface area (Å²) in [6.07, 6.45) is 3.46. The number of H-pyrrole nitrogens is 1. The summed E-state index contributed by atoms with van der Waals surface area (Å²) in [5, 5.41) is 0.817. The van der Waals surface area contributed by atoms with Crippen molar-refractivity contribution < 1.29 is 0 Å². The van der Waals surface area contributed by atoms with Crippen molar-refractivity contribution in [2.24, 2.45) is 0 Å². The molecule has 1 N–H and O–H groups in total. The standard InChI is InChI=1S/C12H13ClN2/c1-8(2)10-4-3-9(5-11(10)13)12-6-14-7-15-12/h3-8H,1-2H3,(H,14,15). The molecule has 0 saturated carbocycles. The summed E-state index contributed by atoms with van der Waals surface area (Å²) in [4.78, 5) is 7.05. The maximum atomic E-state index is 6.21. The molecule has 3 heteroatoms. The highest BCUT2D eigenvalue weighted by atomic mass is 35.5. The van der Waals surface area contributed by atoms with E-state index < -0.39 is 0 Å². The molecule has 0 aliphatic rings. The monoisotopic (exact) mass is 220 g/mol. The van der Waals surface area contributed by atoms with Crippen LogP contribution in [0.1, 0.15) is 25.3 Å². The fraction of sp³-hybridized carbons (Fsp3) is 0.250. The number of aromatic nitrogens is 2. The lowest BCUT2D eigenvalue weighted by Gasteiger charge is -2.09. The van der Waals surface area contributed by atoms with Gasteiger partial charge in [0.15, 0.2) is 0 Å². The smallest absolute Gasteiger partial charge is 0.0924 e. The fourth-order valence-corrected chi connectivity index (χ4v) is 1.98. The lowest BCUT2D eigenvalue weighted by atomic mass is 10.0. The molecule has 0 radical (unpaired) electrons. The number of halogens is 1. The summed E-state index contributed by atoms with van der Waals surface area (Å²) >= 11 is 6.21. The third-order valence-corrected chi connectivity index (χ3v) is 2.76. The predicted octanol–water partition coefficient (Wildman–Crippen LogP) is 3.85. The van der Waals surface area contributed by atoms with E-state index in [4.69, 9.17) is 11.6 Å². The third-order valence-electron chi connectivity index (χ3n) is 2.43. The van der Waals surface area contributed by atoms with Gasteiger partial charge in [0, 0.05) is 10.6 Å². The highest BCUT2D eigenvalue weighted by Crippen LogP contribution is 2.28. The first-order chi connectivity index (χ1) is 7.18. The van der Waals surface area contributed by atoms with Crippen LogP contribution in [0.25, 0.3) is 11.3 Å². The van der Waals surface area contributed by atoms with Crippen molar-refractivity contribution in [1.82, 2.24) is 9.97 Å². The molecule has 0 bridgehead atoms. The SMILES string of the molecule is CC(C)c1ccc(-c2cnc[nH]2)cc1Cl. The quantitative estimate of drug-likeness (QED) is 0.818. The molecule has 78 valence electrons. The van der Waals surface area contributed by atoms with E-state index in [9.17, 15) is 0 Å². The lowest BCUT2D eigenvalue weighted by Crippen LogP contribution is -1.89. The summed E-state index contributed by atoms with van der Waals surface area (Å²) < 4.78 is 0. The van der Waals surface area contributed by atoms with E-state index in [2.05, 4.69) is 35.9 Å². The Morgan fingerprint density at radius 2 is 2.13 bits per heavy atom. The molecule has 2 nitrogen and oxygen atoms in total. The van der Waals surface area contributed by atoms with Gasteiger partial charge in [-0.2, -0.15) is 0 Å². The Bertz CT molecular complexity index is 447. The zero-order valence-electron chi connectivity index (χ0n) is 8.79. The number of nitrogens with one attached hydrogen (secondary N) is 1. The maximum Gasteiger partial charge on any atom is 0.0924 e. The summed E-state index contributed by atoms with van der Waals surface area (Å²) in [5.41, 5.74) is 3.24. The molecule has 1 heterocycles. The minimum Gasteiger partial charge on any atom is -0.345 e. The Morgan fingerprint density at radius 1 is 1.33 bits per heavy atom. The second-order valence-electron chi connectivity index (χ2n) is 3.86. The third kappa shape index (κ3) is 2.05. The van der Waals surface area contributed by atoms with E-state index >= 15 is 0 Å². The van der Waals surface area contributed by atoms with Crippen molar-refractivity contribution in [2.45, 2.75) is 19.8 Å². The minimum absolute atomic E-state index is 0.452. The molecule has 0 spiro atoms. The van der Waals surface area contributed by atoms with E-state index in [-0.39, 0.29) is 0 Å². The van der Waals surface area contributed by atoms with Crippen LogP contribution in [0.15, 0.2) is 30.7 Å². The van der Waals surface area contributed by atoms with Crippen molar-refractivity contribution >= 4 is 11.6 Å². The summed E-state index contributed by atoms with van der Waals surface area (Å²) in [6.45, 7) is 4.27. The van der Waals surface area contributed by atoms with Crippen molar-refractivity contribution in [3.63, 3.8) is 0 Å². The number of rotatable bonds is 2. The first-order valence-corrected chi connectivity index (χ1v) is 5.34. The number of imidazole rings is 1. The van der Waals surface area contributed by atoms with Gasteiger partial charge in [-0.1, -0.05) is 37.6 Å². The van der Waals surface area contributed by atoms with Gasteiger partial charge in [-0.25, -0.2) is 4.98 Å². The van der Waals surface area contributed by atoms with Crippen LogP contribution in [0.4, 0.5) is 0 Å². The van der Waals surface area contributed by atoms with Crippen molar-refractivity contribution in [1.29, 1.82) is 0 Å². The molecule has 0 saturated heterocycles. The van der Waals surface area contributed by atoms with Crippen molar-refractivity contribution in [3.8, 4) is 11.3 Å². The first kappa shape index (κ1) is 10.2. The first-order valence-electron chi connectivity index (χ1n) is 4.96. The molecule has 2 aromatic rings. The van der Waals surface area contributed by atoms with Gasteiger partial charge >= 0.3 is 0 Å². The Morgan fingerprint density at radius 3 is 2.67 bits per heavy atom. The average molecular weight is 221 g/mol. The van der Waals surface area contributed by atoms with Gasteiger partial charge in [0.1, 0.15) is 0 Å². The Hall–Kier alpha value is -1.28. The molecule has 1 aromatic heterocycles. The van der Waals surface area contributed by atoms with Gasteiger partial charge < -0.3 is 4.98 Å². The number of aromatic amines is 1. The number of benzene rings is 1. The molecule has 0 amide bonds. The topological polar surface area (TPSA) is 28.7 Å². The Kier molecular flexibility index (Phi) is 2.78. The zero-order chi connectivity index (χ0) is 10.8. The zero-order valence-corrected chi connectivity index (χ0v) is 9.55. The van der Waals surface area contributed by atoms with E-state index in [0.717, 1.165) is 16.3 Å². The maximum absolute atomic E-state index is 6.21. The molecule has 0 atom stereocenters. The Labute approximate surface area is 94.3 Å². The van der Waals surface area contributed by atoms with Gasteiger partial charge in [0.05, 0.1) is 18.2 Å². The second-order valence-corrected chi connectivity index (χ2v) is 4.26. The van der Waals surface area contributed by atoms with Crippen molar-refractivity contribution in [3.05, 3.63) is 41.3 Å². The van der Waals surface area contributed by atoms with E-state index in [1.165, 1.54) is 5.56 Å². The molecule has 2 rings (SSSR count). The highest BCUT2D eigenvalue weighted by molar-refractivity contribution is 6.31. The number of hydrogen-bond acceptors (Lipinski definition) is 1. The van der Waals surface area contributed by atoms with Gasteiger partial charge in [0.2, 0.25) is 0 Å². The number of nitrogens with zero attached hydrogens (tertiary/aromatic N) is 1. The summed E-state index contributed by atoms with van der Waals surface area (Å²) in [5.74, 6) is 0.452. The number of hydrogen-bond donors (Lipinski definition) is 1. The molecule has 0 unspecified atom stereocenters. The van der Waals surface area contributed by atoms with E-state index in [0.29, 0.717) is 5.92 Å². The molecule has 0 fully saturated rings. The molecule has 15 heavy (non-hydrogen) atoms. The van der Waals surface area contributed by atoms with Crippen molar-refractivity contribution in [2.75, 3.05) is 0 Å². The minimum atomic E-state index is 0.452. The van der Waals surface area contributed by atoms with Crippen LogP contribution >= 0.6 is 11.6 Å². The summed E-state index contributed by atoms with van der Waals surface area (Å²) in [6, 6.07) is 6.11. The van der Waals surface area contributed by atoms with E-state index in [1.54, 1.807) is 12.5 Å². The molecule has 0 aliphatic carbocycles. The van der Waals surface area contributed by atoms with Gasteiger partial charge in [-0.05, 0) is 17.5 Å². The fourth-order valence-electron chi connectivity index (χ4n) is 1.58. The molecular weight excluding hydrogens is 208 g/mol.